The Labute approximate surface area is 167 Å². The number of hydrogen-bond acceptors (Lipinski definition) is 4. The van der Waals surface area contributed by atoms with Crippen molar-refractivity contribution in [3.63, 3.8) is 0 Å². The van der Waals surface area contributed by atoms with Crippen molar-refractivity contribution in [2.24, 2.45) is 0 Å². The number of hydrogen-bond donors (Lipinski definition) is 0. The summed E-state index contributed by atoms with van der Waals surface area (Å²) in [5.74, 6) is 1.37. The molecule has 1 fully saturated rings. The topological polar surface area (TPSA) is 38.8 Å². The van der Waals surface area contributed by atoms with Crippen molar-refractivity contribution in [3.05, 3.63) is 58.7 Å². The number of fused-ring (bicyclic) bond motifs is 1. The number of piperidine rings is 1. The van der Waals surface area contributed by atoms with Gasteiger partial charge in [-0.1, -0.05) is 30.7 Å². The summed E-state index contributed by atoms with van der Waals surface area (Å²) in [4.78, 5) is 15.5. The van der Waals surface area contributed by atoms with Crippen LogP contribution in [0.25, 0.3) is 0 Å². The average Bonchev–Trinajstić information content (AvgIpc) is 3.08. The third kappa shape index (κ3) is 3.79. The molecule has 4 heteroatoms. The van der Waals surface area contributed by atoms with E-state index >= 15 is 0 Å². The van der Waals surface area contributed by atoms with Crippen LogP contribution in [0, 0.1) is 0 Å². The Morgan fingerprint density at radius 2 is 1.64 bits per heavy atom. The Balaban J connectivity index is 1.45. The zero-order valence-electron chi connectivity index (χ0n) is 16.9. The van der Waals surface area contributed by atoms with Crippen LogP contribution in [0.2, 0.25) is 0 Å². The van der Waals surface area contributed by atoms with E-state index in [1.165, 1.54) is 37.9 Å². The molecule has 0 amide bonds. The van der Waals surface area contributed by atoms with Crippen molar-refractivity contribution in [1.82, 2.24) is 4.90 Å². The minimum atomic E-state index is -0.108. The fourth-order valence-corrected chi connectivity index (χ4v) is 4.48. The second kappa shape index (κ2) is 8.36. The number of nitrogens with zero attached hydrogens (tertiary/aromatic N) is 1. The maximum absolute atomic E-state index is 13.0. The fourth-order valence-electron chi connectivity index (χ4n) is 4.48. The number of benzene rings is 2. The summed E-state index contributed by atoms with van der Waals surface area (Å²) in [6, 6.07) is 12.4. The zero-order chi connectivity index (χ0) is 19.5. The summed E-state index contributed by atoms with van der Waals surface area (Å²) in [7, 11) is 3.23. The van der Waals surface area contributed by atoms with E-state index in [2.05, 4.69) is 29.2 Å². The summed E-state index contributed by atoms with van der Waals surface area (Å²) < 4.78 is 10.8. The number of ketones is 1. The SMILES string of the molecule is COc1cc2c(cc1OC)C(=O)C(c1ccc(CCN3CCCCC3)cc1)C2. The number of carbonyl (C=O) groups excluding carboxylic acids is 1. The van der Waals surface area contributed by atoms with Crippen LogP contribution in [0.3, 0.4) is 0 Å². The molecule has 28 heavy (non-hydrogen) atoms. The van der Waals surface area contributed by atoms with E-state index in [0.29, 0.717) is 11.5 Å². The van der Waals surface area contributed by atoms with Gasteiger partial charge in [-0.05, 0) is 67.6 Å². The second-order valence-corrected chi connectivity index (χ2v) is 7.88. The molecule has 0 aromatic heterocycles. The van der Waals surface area contributed by atoms with Gasteiger partial charge in [-0.2, -0.15) is 0 Å². The molecule has 4 rings (SSSR count). The van der Waals surface area contributed by atoms with Crippen LogP contribution in [0.5, 0.6) is 11.5 Å². The van der Waals surface area contributed by atoms with Gasteiger partial charge in [-0.15, -0.1) is 0 Å². The summed E-state index contributed by atoms with van der Waals surface area (Å²) in [5, 5.41) is 0. The Hall–Kier alpha value is -2.33. The van der Waals surface area contributed by atoms with Crippen molar-refractivity contribution >= 4 is 5.78 Å². The van der Waals surface area contributed by atoms with Gasteiger partial charge >= 0.3 is 0 Å². The lowest BCUT2D eigenvalue weighted by molar-refractivity contribution is 0.0972. The molecule has 4 nitrogen and oxygen atoms in total. The fraction of sp³-hybridized carbons (Fsp3) is 0.458. The molecule has 1 saturated heterocycles. The molecule has 1 aliphatic carbocycles. The highest BCUT2D eigenvalue weighted by atomic mass is 16.5. The number of methoxy groups -OCH3 is 2. The summed E-state index contributed by atoms with van der Waals surface area (Å²) >= 11 is 0. The van der Waals surface area contributed by atoms with E-state index in [4.69, 9.17) is 9.47 Å². The van der Waals surface area contributed by atoms with E-state index in [-0.39, 0.29) is 11.7 Å². The van der Waals surface area contributed by atoms with E-state index in [1.807, 2.05) is 12.1 Å². The van der Waals surface area contributed by atoms with Crippen molar-refractivity contribution in [2.75, 3.05) is 33.9 Å². The Bertz CT molecular complexity index is 838. The van der Waals surface area contributed by atoms with Gasteiger partial charge < -0.3 is 14.4 Å². The van der Waals surface area contributed by atoms with Crippen LogP contribution < -0.4 is 9.47 Å². The monoisotopic (exact) mass is 379 g/mol. The third-order valence-corrected chi connectivity index (χ3v) is 6.16. The maximum atomic E-state index is 13.0. The van der Waals surface area contributed by atoms with Crippen molar-refractivity contribution < 1.29 is 14.3 Å². The standard InChI is InChI=1S/C24H29NO3/c1-27-22-15-19-14-20(24(26)21(19)16-23(22)28-2)18-8-6-17(7-9-18)10-13-25-11-4-3-5-12-25/h6-9,15-16,20H,3-5,10-14H2,1-2H3. The minimum Gasteiger partial charge on any atom is -0.493 e. The molecule has 0 spiro atoms. The van der Waals surface area contributed by atoms with Gasteiger partial charge in [-0.3, -0.25) is 4.79 Å². The quantitative estimate of drug-likeness (QED) is 0.752. The largest absolute Gasteiger partial charge is 0.493 e. The molecule has 148 valence electrons. The molecule has 0 saturated carbocycles. The molecule has 2 aromatic carbocycles. The van der Waals surface area contributed by atoms with Crippen LogP contribution in [0.15, 0.2) is 36.4 Å². The molecule has 2 aromatic rings. The summed E-state index contributed by atoms with van der Waals surface area (Å²) in [6.45, 7) is 3.60. The first-order valence-corrected chi connectivity index (χ1v) is 10.3. The molecular formula is C24H29NO3. The lowest BCUT2D eigenvalue weighted by Gasteiger charge is -2.26. The molecule has 1 aliphatic heterocycles. The maximum Gasteiger partial charge on any atom is 0.171 e. The summed E-state index contributed by atoms with van der Waals surface area (Å²) in [6.07, 6.45) is 5.84. The minimum absolute atomic E-state index is 0.108. The number of rotatable bonds is 6. The van der Waals surface area contributed by atoms with Crippen molar-refractivity contribution in [1.29, 1.82) is 0 Å². The first-order chi connectivity index (χ1) is 13.7. The van der Waals surface area contributed by atoms with Gasteiger partial charge in [-0.25, -0.2) is 0 Å². The van der Waals surface area contributed by atoms with Gasteiger partial charge in [0.2, 0.25) is 0 Å². The molecule has 0 N–H and O–H groups in total. The van der Waals surface area contributed by atoms with Crippen LogP contribution in [0.4, 0.5) is 0 Å². The first kappa shape index (κ1) is 19.0. The smallest absolute Gasteiger partial charge is 0.171 e. The molecule has 2 aliphatic rings. The second-order valence-electron chi connectivity index (χ2n) is 7.88. The molecule has 1 unspecified atom stereocenters. The van der Waals surface area contributed by atoms with Crippen LogP contribution >= 0.6 is 0 Å². The Kier molecular flexibility index (Phi) is 5.67. The molecule has 1 heterocycles. The first-order valence-electron chi connectivity index (χ1n) is 10.3. The van der Waals surface area contributed by atoms with Crippen LogP contribution in [0.1, 0.15) is 52.2 Å². The molecular weight excluding hydrogens is 350 g/mol. The summed E-state index contributed by atoms with van der Waals surface area (Å²) in [5.41, 5.74) is 4.25. The van der Waals surface area contributed by atoms with Gasteiger partial charge in [0.05, 0.1) is 20.1 Å². The van der Waals surface area contributed by atoms with Crippen LogP contribution in [-0.2, 0) is 12.8 Å². The highest BCUT2D eigenvalue weighted by Gasteiger charge is 2.33. The number of ether oxygens (including phenoxy) is 2. The predicted molar refractivity (Wildman–Crippen MR) is 111 cm³/mol. The van der Waals surface area contributed by atoms with E-state index < -0.39 is 0 Å². The normalized spacial score (nSPS) is 19.5. The van der Waals surface area contributed by atoms with E-state index in [0.717, 1.165) is 36.1 Å². The van der Waals surface area contributed by atoms with Gasteiger partial charge in [0.1, 0.15) is 0 Å². The van der Waals surface area contributed by atoms with Gasteiger partial charge in [0.15, 0.2) is 17.3 Å². The predicted octanol–water partition coefficient (Wildman–Crippen LogP) is 4.25. The third-order valence-electron chi connectivity index (χ3n) is 6.16. The van der Waals surface area contributed by atoms with Crippen molar-refractivity contribution in [2.45, 2.75) is 38.0 Å². The van der Waals surface area contributed by atoms with E-state index in [1.54, 1.807) is 14.2 Å². The highest BCUT2D eigenvalue weighted by Crippen LogP contribution is 2.40. The average molecular weight is 380 g/mol. The van der Waals surface area contributed by atoms with E-state index in [9.17, 15) is 4.79 Å². The number of carbonyl (C=O) groups is 1. The number of likely N-dealkylation sites (tertiary alicyclic amines) is 1. The molecule has 0 bridgehead atoms. The number of Topliss-reactive ketones (excluding diaryl/α,β-unsaturated/α-hetero) is 1. The van der Waals surface area contributed by atoms with Gasteiger partial charge in [0.25, 0.3) is 0 Å². The van der Waals surface area contributed by atoms with Crippen molar-refractivity contribution in [3.8, 4) is 11.5 Å². The Morgan fingerprint density at radius 3 is 2.32 bits per heavy atom. The highest BCUT2D eigenvalue weighted by molar-refractivity contribution is 6.05. The Morgan fingerprint density at radius 1 is 0.964 bits per heavy atom. The molecule has 0 radical (unpaired) electrons. The van der Waals surface area contributed by atoms with Gasteiger partial charge in [0, 0.05) is 12.1 Å². The lowest BCUT2D eigenvalue weighted by Crippen LogP contribution is -2.31. The zero-order valence-corrected chi connectivity index (χ0v) is 16.9. The lowest BCUT2D eigenvalue weighted by atomic mass is 9.94. The van der Waals surface area contributed by atoms with Crippen LogP contribution in [-0.4, -0.2) is 44.5 Å². The molecule has 1 atom stereocenters.